The second-order valence-corrected chi connectivity index (χ2v) is 9.01. The van der Waals surface area contributed by atoms with Crippen LogP contribution in [0, 0.1) is 0 Å². The van der Waals surface area contributed by atoms with Crippen molar-refractivity contribution in [3.8, 4) is 22.1 Å². The molecule has 1 aliphatic carbocycles. The maximum absolute atomic E-state index is 10.2. The van der Waals surface area contributed by atoms with E-state index in [0.717, 1.165) is 63.1 Å². The van der Waals surface area contributed by atoms with Crippen LogP contribution in [0.5, 0.6) is 11.5 Å². The summed E-state index contributed by atoms with van der Waals surface area (Å²) in [5.74, 6) is 1.49. The molecule has 2 atom stereocenters. The molecule has 1 saturated carbocycles. The Hall–Kier alpha value is -2.55. The van der Waals surface area contributed by atoms with Crippen LogP contribution in [0.3, 0.4) is 0 Å². The number of nitrogens with one attached hydrogen (secondary N) is 1. The van der Waals surface area contributed by atoms with Crippen molar-refractivity contribution in [2.24, 2.45) is 0 Å². The van der Waals surface area contributed by atoms with Crippen molar-refractivity contribution in [2.75, 3.05) is 5.32 Å². The Morgan fingerprint density at radius 3 is 2.86 bits per heavy atom. The maximum atomic E-state index is 10.2. The van der Waals surface area contributed by atoms with Crippen molar-refractivity contribution in [1.29, 1.82) is 0 Å². The van der Waals surface area contributed by atoms with Gasteiger partial charge in [-0.25, -0.2) is 4.98 Å². The van der Waals surface area contributed by atoms with E-state index in [4.69, 9.17) is 4.74 Å². The molecule has 29 heavy (non-hydrogen) atoms. The minimum Gasteiger partial charge on any atom is -0.457 e. The van der Waals surface area contributed by atoms with Crippen molar-refractivity contribution in [1.82, 2.24) is 15.0 Å². The van der Waals surface area contributed by atoms with Gasteiger partial charge in [0.15, 0.2) is 5.13 Å². The number of benzene rings is 1. The van der Waals surface area contributed by atoms with Gasteiger partial charge in [-0.05, 0) is 31.0 Å². The van der Waals surface area contributed by atoms with Crippen LogP contribution in [0.2, 0.25) is 0 Å². The number of aliphatic hydroxyl groups is 1. The summed E-state index contributed by atoms with van der Waals surface area (Å²) in [6.07, 6.45) is 7.33. The molecule has 4 aromatic rings. The Labute approximate surface area is 176 Å². The van der Waals surface area contributed by atoms with E-state index in [9.17, 15) is 5.11 Å². The molecule has 8 heteroatoms. The molecule has 3 aromatic heterocycles. The number of pyridine rings is 1. The van der Waals surface area contributed by atoms with Crippen LogP contribution in [0.1, 0.15) is 25.7 Å². The van der Waals surface area contributed by atoms with Crippen LogP contribution in [-0.2, 0) is 0 Å². The smallest absolute Gasteiger partial charge is 0.184 e. The normalized spacial score (nSPS) is 19.3. The monoisotopic (exact) mass is 424 g/mol. The lowest BCUT2D eigenvalue weighted by molar-refractivity contribution is 0.116. The zero-order valence-corrected chi connectivity index (χ0v) is 17.2. The molecule has 0 aliphatic heterocycles. The van der Waals surface area contributed by atoms with Gasteiger partial charge in [0.25, 0.3) is 0 Å². The predicted octanol–water partition coefficient (Wildman–Crippen LogP) is 5.32. The first-order valence-corrected chi connectivity index (χ1v) is 11.3. The summed E-state index contributed by atoms with van der Waals surface area (Å²) in [5, 5.41) is 14.5. The highest BCUT2D eigenvalue weighted by Gasteiger charge is 2.23. The van der Waals surface area contributed by atoms with Gasteiger partial charge in [0, 0.05) is 24.5 Å². The Kier molecular flexibility index (Phi) is 5.13. The minimum absolute atomic E-state index is 0.0852. The van der Waals surface area contributed by atoms with Gasteiger partial charge in [-0.15, -0.1) is 11.3 Å². The zero-order chi connectivity index (χ0) is 19.6. The second-order valence-electron chi connectivity index (χ2n) is 7.10. The van der Waals surface area contributed by atoms with Crippen LogP contribution in [0.4, 0.5) is 5.13 Å². The Balaban J connectivity index is 1.34. The highest BCUT2D eigenvalue weighted by atomic mass is 32.1. The third kappa shape index (κ3) is 4.10. The molecule has 0 amide bonds. The zero-order valence-electron chi connectivity index (χ0n) is 15.6. The van der Waals surface area contributed by atoms with E-state index >= 15 is 0 Å². The van der Waals surface area contributed by atoms with Crippen molar-refractivity contribution in [3.05, 3.63) is 48.2 Å². The number of aliphatic hydroxyl groups excluding tert-OH is 1. The van der Waals surface area contributed by atoms with E-state index in [1.807, 2.05) is 30.3 Å². The second kappa shape index (κ2) is 8.06. The number of ether oxygens (including phenoxy) is 1. The van der Waals surface area contributed by atoms with Gasteiger partial charge in [-0.2, -0.15) is 0 Å². The van der Waals surface area contributed by atoms with E-state index in [1.54, 1.807) is 40.6 Å². The van der Waals surface area contributed by atoms with Gasteiger partial charge in [0.1, 0.15) is 11.5 Å². The fourth-order valence-corrected chi connectivity index (χ4v) is 5.10. The summed E-state index contributed by atoms with van der Waals surface area (Å²) < 4.78 is 7.11. The SMILES string of the molecule is O[C@@H]1CCCC[C@H]1Nc1nc2ccc(Oc3ccnc(-c4cncs4)c3)cc2s1. The predicted molar refractivity (Wildman–Crippen MR) is 117 cm³/mol. The summed E-state index contributed by atoms with van der Waals surface area (Å²) in [6, 6.07) is 9.74. The number of nitrogens with zero attached hydrogens (tertiary/aromatic N) is 3. The molecule has 1 aliphatic rings. The number of anilines is 1. The van der Waals surface area contributed by atoms with Crippen molar-refractivity contribution in [2.45, 2.75) is 37.8 Å². The quantitative estimate of drug-likeness (QED) is 0.451. The molecule has 0 radical (unpaired) electrons. The molecule has 1 fully saturated rings. The number of fused-ring (bicyclic) bond motifs is 1. The average molecular weight is 425 g/mol. The molecule has 0 saturated heterocycles. The molecule has 6 nitrogen and oxygen atoms in total. The van der Waals surface area contributed by atoms with Crippen LogP contribution >= 0.6 is 22.7 Å². The molecular formula is C21H20N4O2S2. The van der Waals surface area contributed by atoms with Crippen molar-refractivity contribution >= 4 is 38.0 Å². The van der Waals surface area contributed by atoms with E-state index in [-0.39, 0.29) is 12.1 Å². The molecule has 5 rings (SSSR count). The first-order valence-electron chi connectivity index (χ1n) is 9.62. The summed E-state index contributed by atoms with van der Waals surface area (Å²) >= 11 is 3.14. The molecule has 0 unspecified atom stereocenters. The van der Waals surface area contributed by atoms with Gasteiger partial charge in [0.05, 0.1) is 38.4 Å². The first-order chi connectivity index (χ1) is 14.2. The highest BCUT2D eigenvalue weighted by molar-refractivity contribution is 7.22. The number of hydrogen-bond donors (Lipinski definition) is 2. The standard InChI is InChI=1S/C21H20N4O2S2/c26-18-4-2-1-3-15(18)24-21-25-16-6-5-13(10-19(16)29-21)27-14-7-8-23-17(9-14)20-11-22-12-28-20/h5-12,15,18,26H,1-4H2,(H,24,25)/t15-,18-/m1/s1. The van der Waals surface area contributed by atoms with Crippen LogP contribution < -0.4 is 10.1 Å². The van der Waals surface area contributed by atoms with Gasteiger partial charge < -0.3 is 15.2 Å². The lowest BCUT2D eigenvalue weighted by Gasteiger charge is -2.27. The number of aromatic nitrogens is 3. The van der Waals surface area contributed by atoms with Crippen molar-refractivity contribution < 1.29 is 9.84 Å². The van der Waals surface area contributed by atoms with Gasteiger partial charge in [-0.3, -0.25) is 9.97 Å². The molecule has 2 N–H and O–H groups in total. The largest absolute Gasteiger partial charge is 0.457 e. The third-order valence-corrected chi connectivity index (χ3v) is 6.80. The van der Waals surface area contributed by atoms with E-state index in [1.165, 1.54) is 0 Å². The van der Waals surface area contributed by atoms with Crippen molar-refractivity contribution in [3.63, 3.8) is 0 Å². The lowest BCUT2D eigenvalue weighted by atomic mass is 9.93. The molecule has 148 valence electrons. The van der Waals surface area contributed by atoms with Gasteiger partial charge in [-0.1, -0.05) is 24.2 Å². The van der Waals surface area contributed by atoms with Crippen LogP contribution in [0.15, 0.2) is 48.2 Å². The Bertz CT molecular complexity index is 1110. The summed E-state index contributed by atoms with van der Waals surface area (Å²) in [4.78, 5) is 14.2. The number of thiazole rings is 2. The Morgan fingerprint density at radius 2 is 2.00 bits per heavy atom. The maximum Gasteiger partial charge on any atom is 0.184 e. The molecule has 0 bridgehead atoms. The van der Waals surface area contributed by atoms with E-state index < -0.39 is 0 Å². The fraction of sp³-hybridized carbons (Fsp3) is 0.286. The topological polar surface area (TPSA) is 80.2 Å². The molecule has 3 heterocycles. The molecular weight excluding hydrogens is 404 g/mol. The van der Waals surface area contributed by atoms with Crippen LogP contribution in [0.25, 0.3) is 20.8 Å². The first kappa shape index (κ1) is 18.5. The lowest BCUT2D eigenvalue weighted by Crippen LogP contribution is -2.36. The Morgan fingerprint density at radius 1 is 1.10 bits per heavy atom. The molecule has 1 aromatic carbocycles. The minimum atomic E-state index is -0.297. The summed E-state index contributed by atoms with van der Waals surface area (Å²) in [6.45, 7) is 0. The number of hydrogen-bond acceptors (Lipinski definition) is 8. The highest BCUT2D eigenvalue weighted by Crippen LogP contribution is 2.33. The van der Waals surface area contributed by atoms with E-state index in [2.05, 4.69) is 20.3 Å². The van der Waals surface area contributed by atoms with Gasteiger partial charge >= 0.3 is 0 Å². The fourth-order valence-electron chi connectivity index (χ4n) is 3.56. The molecule has 0 spiro atoms. The number of rotatable bonds is 5. The summed E-state index contributed by atoms with van der Waals surface area (Å²) in [7, 11) is 0. The van der Waals surface area contributed by atoms with Gasteiger partial charge in [0.2, 0.25) is 0 Å². The average Bonchev–Trinajstić information content (AvgIpc) is 3.39. The summed E-state index contributed by atoms with van der Waals surface area (Å²) in [5.41, 5.74) is 3.57. The van der Waals surface area contributed by atoms with E-state index in [0.29, 0.717) is 0 Å². The third-order valence-electron chi connectivity index (χ3n) is 5.05. The van der Waals surface area contributed by atoms with Crippen LogP contribution in [-0.4, -0.2) is 32.2 Å².